The lowest BCUT2D eigenvalue weighted by Gasteiger charge is -2.40. The molecule has 0 fully saturated rings. The van der Waals surface area contributed by atoms with Crippen LogP contribution in [0.4, 0.5) is 0 Å². The van der Waals surface area contributed by atoms with E-state index in [9.17, 15) is 29.7 Å². The summed E-state index contributed by atoms with van der Waals surface area (Å²) >= 11 is 0. The minimum absolute atomic E-state index is 0.0321. The highest BCUT2D eigenvalue weighted by Gasteiger charge is 2.51. The first kappa shape index (κ1) is 32.8. The van der Waals surface area contributed by atoms with Gasteiger partial charge in [0.05, 0.1) is 39.4 Å². The molecule has 2 aliphatic rings. The Hall–Kier alpha value is -5.17. The van der Waals surface area contributed by atoms with E-state index in [4.69, 9.17) is 18.6 Å². The van der Waals surface area contributed by atoms with Crippen molar-refractivity contribution in [2.45, 2.75) is 37.2 Å². The summed E-state index contributed by atoms with van der Waals surface area (Å²) in [7, 11) is 3.00. The van der Waals surface area contributed by atoms with Crippen LogP contribution >= 0.6 is 0 Å². The maximum atomic E-state index is 14.4. The van der Waals surface area contributed by atoms with Gasteiger partial charge in [-0.05, 0) is 60.0 Å². The zero-order chi connectivity index (χ0) is 33.9. The summed E-state index contributed by atoms with van der Waals surface area (Å²) in [4.78, 5) is 42.7. The van der Waals surface area contributed by atoms with Gasteiger partial charge in [0.1, 0.15) is 29.1 Å². The quantitative estimate of drug-likeness (QED) is 0.176. The fourth-order valence-electron chi connectivity index (χ4n) is 6.45. The number of methoxy groups -OCH3 is 2. The normalized spacial score (nSPS) is 19.5. The molecule has 4 unspecified atom stereocenters. The van der Waals surface area contributed by atoms with Crippen molar-refractivity contribution in [3.8, 4) is 17.2 Å². The number of hydrogen-bond acceptors (Lipinski definition) is 10. The maximum absolute atomic E-state index is 14.4. The van der Waals surface area contributed by atoms with Gasteiger partial charge in [-0.15, -0.1) is 0 Å². The van der Waals surface area contributed by atoms with Gasteiger partial charge in [-0.3, -0.25) is 9.59 Å². The van der Waals surface area contributed by atoms with Crippen molar-refractivity contribution in [2.75, 3.05) is 33.9 Å². The zero-order valence-corrected chi connectivity index (χ0v) is 26.4. The van der Waals surface area contributed by atoms with Gasteiger partial charge < -0.3 is 44.2 Å². The fraction of sp³-hybridized carbons (Fsp3) is 0.306. The number of fused-ring (bicyclic) bond motifs is 4. The minimum Gasteiger partial charge on any atom is -0.497 e. The summed E-state index contributed by atoms with van der Waals surface area (Å²) in [5, 5.41) is 34.6. The molecule has 2 heterocycles. The van der Waals surface area contributed by atoms with Gasteiger partial charge in [0.25, 0.3) is 5.91 Å². The highest BCUT2D eigenvalue weighted by Crippen LogP contribution is 2.51. The second-order valence-electron chi connectivity index (χ2n) is 11.6. The molecule has 1 aliphatic heterocycles. The lowest BCUT2D eigenvalue weighted by atomic mass is 9.77. The molecule has 6 rings (SSSR count). The number of carbonyl (C=O) groups is 2. The Balaban J connectivity index is 1.47. The zero-order valence-electron chi connectivity index (χ0n) is 26.4. The summed E-state index contributed by atoms with van der Waals surface area (Å²) in [5.74, 6) is -0.809. The van der Waals surface area contributed by atoms with Crippen molar-refractivity contribution in [1.82, 2.24) is 10.2 Å². The number of nitrogens with zero attached hydrogens (tertiary/aromatic N) is 1. The van der Waals surface area contributed by atoms with Crippen LogP contribution in [0.5, 0.6) is 17.2 Å². The number of hydrogen-bond donors (Lipinski definition) is 4. The van der Waals surface area contributed by atoms with Crippen LogP contribution in [-0.2, 0) is 17.8 Å². The Morgan fingerprint density at radius 1 is 0.979 bits per heavy atom. The predicted octanol–water partition coefficient (Wildman–Crippen LogP) is 2.31. The molecule has 4 N–H and O–H groups in total. The lowest BCUT2D eigenvalue weighted by Crippen LogP contribution is -2.56. The molecule has 1 aliphatic carbocycles. The third kappa shape index (κ3) is 6.13. The Morgan fingerprint density at radius 2 is 1.79 bits per heavy atom. The van der Waals surface area contributed by atoms with Crippen LogP contribution in [-0.4, -0.2) is 84.2 Å². The number of ether oxygens (including phenoxy) is 3. The van der Waals surface area contributed by atoms with E-state index >= 15 is 0 Å². The molecule has 12 heteroatoms. The van der Waals surface area contributed by atoms with Crippen molar-refractivity contribution in [3.63, 3.8) is 0 Å². The van der Waals surface area contributed by atoms with Crippen molar-refractivity contribution < 1.29 is 43.5 Å². The molecular formula is C36H36N2O10. The summed E-state index contributed by atoms with van der Waals surface area (Å²) in [6.07, 6.45) is -0.594. The van der Waals surface area contributed by atoms with Crippen molar-refractivity contribution in [2.24, 2.45) is 0 Å². The molecule has 4 aromatic rings. The van der Waals surface area contributed by atoms with Crippen LogP contribution < -0.4 is 25.2 Å². The molecule has 48 heavy (non-hydrogen) atoms. The number of aliphatic hydroxyl groups excluding tert-OH is 3. The SMILES string of the molecule is COc1cccc(CCN(C(=O)c2cc3ccccc3oc2=O)C2C=C(C(=O)NCCO)C3c4cc(CO)cc(OC)c4OC3C2O)c1. The molecule has 4 atom stereocenters. The summed E-state index contributed by atoms with van der Waals surface area (Å²) < 4.78 is 22.7. The van der Waals surface area contributed by atoms with E-state index in [1.807, 2.05) is 18.2 Å². The Kier molecular flexibility index (Phi) is 9.49. The molecular weight excluding hydrogens is 620 g/mol. The van der Waals surface area contributed by atoms with Gasteiger partial charge >= 0.3 is 5.63 Å². The Morgan fingerprint density at radius 3 is 2.54 bits per heavy atom. The van der Waals surface area contributed by atoms with Crippen molar-refractivity contribution in [1.29, 1.82) is 0 Å². The smallest absolute Gasteiger partial charge is 0.349 e. The molecule has 1 aromatic heterocycles. The average Bonchev–Trinajstić information content (AvgIpc) is 3.50. The largest absolute Gasteiger partial charge is 0.497 e. The number of benzene rings is 3. The van der Waals surface area contributed by atoms with E-state index in [-0.39, 0.29) is 37.4 Å². The second-order valence-corrected chi connectivity index (χ2v) is 11.6. The van der Waals surface area contributed by atoms with E-state index in [0.29, 0.717) is 45.8 Å². The summed E-state index contributed by atoms with van der Waals surface area (Å²) in [5.41, 5.74) is 1.29. The minimum atomic E-state index is -1.37. The van der Waals surface area contributed by atoms with Crippen LogP contribution in [0.3, 0.4) is 0 Å². The molecule has 3 aromatic carbocycles. The number of carbonyl (C=O) groups excluding carboxylic acids is 2. The lowest BCUT2D eigenvalue weighted by molar-refractivity contribution is -0.118. The van der Waals surface area contributed by atoms with Gasteiger partial charge in [0.15, 0.2) is 11.5 Å². The van der Waals surface area contributed by atoms with Crippen LogP contribution in [0.25, 0.3) is 11.0 Å². The van der Waals surface area contributed by atoms with Crippen molar-refractivity contribution in [3.05, 3.63) is 111 Å². The van der Waals surface area contributed by atoms with Gasteiger partial charge in [0.2, 0.25) is 5.91 Å². The van der Waals surface area contributed by atoms with Gasteiger partial charge in [-0.2, -0.15) is 0 Å². The fourth-order valence-corrected chi connectivity index (χ4v) is 6.45. The molecule has 0 radical (unpaired) electrons. The standard InChI is InChI=1S/C36H36N2O10/c1-45-23-8-5-6-20(14-23)10-12-38(35(43)26-17-22-7-3-4-9-28(22)47-36(26)44)27-18-25(34(42)37-11-13-39)30-24-15-21(19-40)16-29(46-2)32(24)48-33(30)31(27)41/h3-9,14-18,27,30-31,33,39-41H,10-13,19H2,1-2H3,(H,37,42). The summed E-state index contributed by atoms with van der Waals surface area (Å²) in [6.45, 7) is -0.615. The molecule has 0 bridgehead atoms. The number of aliphatic hydroxyl groups is 3. The molecule has 12 nitrogen and oxygen atoms in total. The van der Waals surface area contributed by atoms with E-state index in [2.05, 4.69) is 5.32 Å². The molecule has 250 valence electrons. The van der Waals surface area contributed by atoms with E-state index in [1.54, 1.807) is 49.6 Å². The molecule has 2 amide bonds. The molecule has 0 saturated carbocycles. The number of para-hydroxylation sites is 1. The monoisotopic (exact) mass is 656 g/mol. The van der Waals surface area contributed by atoms with Gasteiger partial charge in [-0.25, -0.2) is 4.79 Å². The highest BCUT2D eigenvalue weighted by atomic mass is 16.5. The van der Waals surface area contributed by atoms with E-state index in [1.165, 1.54) is 24.2 Å². The van der Waals surface area contributed by atoms with Gasteiger partial charge in [-0.1, -0.05) is 30.3 Å². The second kappa shape index (κ2) is 13.9. The van der Waals surface area contributed by atoms with Crippen LogP contribution in [0, 0.1) is 0 Å². The number of nitrogens with one attached hydrogen (secondary N) is 1. The number of rotatable bonds is 11. The van der Waals surface area contributed by atoms with Crippen molar-refractivity contribution >= 4 is 22.8 Å². The maximum Gasteiger partial charge on any atom is 0.349 e. The molecule has 0 saturated heterocycles. The van der Waals surface area contributed by atoms with Crippen LogP contribution in [0.1, 0.15) is 33.0 Å². The summed E-state index contributed by atoms with van der Waals surface area (Å²) in [6, 6.07) is 17.8. The third-order valence-electron chi connectivity index (χ3n) is 8.76. The first-order valence-electron chi connectivity index (χ1n) is 15.5. The Labute approximate surface area is 275 Å². The highest BCUT2D eigenvalue weighted by molar-refractivity contribution is 5.98. The van der Waals surface area contributed by atoms with Gasteiger partial charge in [0, 0.05) is 29.6 Å². The van der Waals surface area contributed by atoms with Crippen LogP contribution in [0.15, 0.2) is 87.6 Å². The first-order valence-corrected chi connectivity index (χ1v) is 15.5. The number of amides is 2. The molecule has 0 spiro atoms. The topological polar surface area (TPSA) is 168 Å². The van der Waals surface area contributed by atoms with Crippen LogP contribution in [0.2, 0.25) is 0 Å². The third-order valence-corrected chi connectivity index (χ3v) is 8.76. The predicted molar refractivity (Wildman–Crippen MR) is 174 cm³/mol. The van der Waals surface area contributed by atoms with E-state index < -0.39 is 41.6 Å². The van der Waals surface area contributed by atoms with E-state index in [0.717, 1.165) is 5.56 Å². The first-order chi connectivity index (χ1) is 23.3. The average molecular weight is 657 g/mol. The Bertz CT molecular complexity index is 1940.